The Balaban J connectivity index is 1.22. The molecular formula is C57H34. The van der Waals surface area contributed by atoms with Crippen molar-refractivity contribution >= 4 is 53.9 Å². The summed E-state index contributed by atoms with van der Waals surface area (Å²) in [5, 5.41) is 12.8. The minimum Gasteiger partial charge on any atom is -0.0619 e. The van der Waals surface area contributed by atoms with Crippen molar-refractivity contribution in [2.45, 2.75) is 5.41 Å². The van der Waals surface area contributed by atoms with Crippen LogP contribution in [0.15, 0.2) is 206 Å². The molecule has 262 valence electrons. The molecule has 0 heterocycles. The summed E-state index contributed by atoms with van der Waals surface area (Å²) in [7, 11) is 0. The highest BCUT2D eigenvalue weighted by Crippen LogP contribution is 2.65. The zero-order chi connectivity index (χ0) is 37.2. The van der Waals surface area contributed by atoms with Crippen molar-refractivity contribution in [2.75, 3.05) is 0 Å². The van der Waals surface area contributed by atoms with Gasteiger partial charge in [-0.25, -0.2) is 0 Å². The molecule has 2 aliphatic rings. The van der Waals surface area contributed by atoms with E-state index >= 15 is 0 Å². The fraction of sp³-hybridized carbons (Fsp3) is 0.0175. The number of benzene rings is 11. The second kappa shape index (κ2) is 11.4. The number of hydrogen-bond acceptors (Lipinski definition) is 0. The van der Waals surface area contributed by atoms with Crippen molar-refractivity contribution in [1.29, 1.82) is 0 Å². The summed E-state index contributed by atoms with van der Waals surface area (Å²) in [4.78, 5) is 0. The van der Waals surface area contributed by atoms with E-state index in [1.165, 1.54) is 121 Å². The maximum atomic E-state index is 2.61. The molecule has 0 atom stereocenters. The molecule has 0 N–H and O–H groups in total. The molecule has 11 aromatic carbocycles. The molecule has 0 aromatic heterocycles. The summed E-state index contributed by atoms with van der Waals surface area (Å²) in [6.45, 7) is 0. The lowest BCUT2D eigenvalue weighted by Crippen LogP contribution is -2.26. The smallest absolute Gasteiger partial charge is 0.0619 e. The highest BCUT2D eigenvalue weighted by Gasteiger charge is 2.52. The summed E-state index contributed by atoms with van der Waals surface area (Å²) < 4.78 is 0. The predicted octanol–water partition coefficient (Wildman–Crippen LogP) is 15.1. The molecule has 0 bridgehead atoms. The van der Waals surface area contributed by atoms with E-state index in [2.05, 4.69) is 206 Å². The van der Waals surface area contributed by atoms with Crippen LogP contribution in [0.4, 0.5) is 0 Å². The zero-order valence-corrected chi connectivity index (χ0v) is 31.1. The van der Waals surface area contributed by atoms with Gasteiger partial charge in [-0.15, -0.1) is 0 Å². The molecule has 0 radical (unpaired) electrons. The van der Waals surface area contributed by atoms with E-state index in [0.29, 0.717) is 0 Å². The SMILES string of the molecule is c1ccc2c(c1)-c1ccccc1C21c2ccc3ccccc3c2-c2c1cc(-c1c3ccccc3c(-c3ccc4ccccc4c3)c3ccccc13)c1ccccc21. The van der Waals surface area contributed by atoms with Crippen molar-refractivity contribution in [3.63, 3.8) is 0 Å². The van der Waals surface area contributed by atoms with E-state index < -0.39 is 5.41 Å². The van der Waals surface area contributed by atoms with Crippen LogP contribution in [0.2, 0.25) is 0 Å². The van der Waals surface area contributed by atoms with Gasteiger partial charge in [-0.3, -0.25) is 0 Å². The topological polar surface area (TPSA) is 0 Å². The highest BCUT2D eigenvalue weighted by molar-refractivity contribution is 6.26. The third kappa shape index (κ3) is 3.97. The molecular weight excluding hydrogens is 685 g/mol. The lowest BCUT2D eigenvalue weighted by molar-refractivity contribution is 0.795. The molecule has 0 nitrogen and oxygen atoms in total. The number of rotatable bonds is 2. The summed E-state index contributed by atoms with van der Waals surface area (Å²) in [5.41, 5.74) is 15.5. The third-order valence-electron chi connectivity index (χ3n) is 13.2. The fourth-order valence-corrected chi connectivity index (χ4v) is 11.0. The summed E-state index contributed by atoms with van der Waals surface area (Å²) in [5.74, 6) is 0. The van der Waals surface area contributed by atoms with Crippen molar-refractivity contribution in [3.8, 4) is 44.5 Å². The van der Waals surface area contributed by atoms with E-state index in [1.54, 1.807) is 0 Å². The minimum absolute atomic E-state index is 0.475. The molecule has 11 aromatic rings. The second-order valence-corrected chi connectivity index (χ2v) is 15.8. The summed E-state index contributed by atoms with van der Waals surface area (Å²) in [6.07, 6.45) is 0. The average molecular weight is 719 g/mol. The third-order valence-corrected chi connectivity index (χ3v) is 13.2. The molecule has 0 unspecified atom stereocenters. The molecule has 1 spiro atoms. The number of fused-ring (bicyclic) bond motifs is 17. The Hall–Kier alpha value is -7.28. The average Bonchev–Trinajstić information content (AvgIpc) is 3.75. The molecule has 13 rings (SSSR count). The van der Waals surface area contributed by atoms with Crippen LogP contribution in [0.1, 0.15) is 22.3 Å². The molecule has 2 aliphatic carbocycles. The maximum Gasteiger partial charge on any atom is 0.0726 e. The van der Waals surface area contributed by atoms with Crippen molar-refractivity contribution in [1.82, 2.24) is 0 Å². The first-order chi connectivity index (χ1) is 28.3. The van der Waals surface area contributed by atoms with E-state index in [4.69, 9.17) is 0 Å². The Labute approximate surface area is 330 Å². The van der Waals surface area contributed by atoms with Gasteiger partial charge in [0.15, 0.2) is 0 Å². The van der Waals surface area contributed by atoms with Gasteiger partial charge >= 0.3 is 0 Å². The van der Waals surface area contributed by atoms with Crippen LogP contribution in [-0.2, 0) is 5.41 Å². The van der Waals surface area contributed by atoms with Crippen molar-refractivity contribution in [3.05, 3.63) is 229 Å². The van der Waals surface area contributed by atoms with Crippen LogP contribution in [0.25, 0.3) is 98.4 Å². The maximum absolute atomic E-state index is 2.61. The minimum atomic E-state index is -0.475. The largest absolute Gasteiger partial charge is 0.0726 e. The lowest BCUT2D eigenvalue weighted by Gasteiger charge is -2.31. The first-order valence-electron chi connectivity index (χ1n) is 20.0. The van der Waals surface area contributed by atoms with Gasteiger partial charge in [-0.1, -0.05) is 194 Å². The second-order valence-electron chi connectivity index (χ2n) is 15.8. The molecule has 0 fully saturated rings. The van der Waals surface area contributed by atoms with Crippen LogP contribution in [0, 0.1) is 0 Å². The molecule has 57 heavy (non-hydrogen) atoms. The summed E-state index contributed by atoms with van der Waals surface area (Å²) in [6, 6.07) is 77.7. The van der Waals surface area contributed by atoms with Crippen molar-refractivity contribution < 1.29 is 0 Å². The quantitative estimate of drug-likeness (QED) is 0.156. The number of hydrogen-bond donors (Lipinski definition) is 0. The van der Waals surface area contributed by atoms with Gasteiger partial charge in [0.25, 0.3) is 0 Å². The Morgan fingerprint density at radius 3 is 1.33 bits per heavy atom. The highest BCUT2D eigenvalue weighted by atomic mass is 14.5. The Morgan fingerprint density at radius 1 is 0.228 bits per heavy atom. The van der Waals surface area contributed by atoms with E-state index in [-0.39, 0.29) is 0 Å². The first kappa shape index (κ1) is 31.0. The van der Waals surface area contributed by atoms with Gasteiger partial charge in [-0.2, -0.15) is 0 Å². The Bertz CT molecular complexity index is 3430. The van der Waals surface area contributed by atoms with Gasteiger partial charge < -0.3 is 0 Å². The molecule has 0 aliphatic heterocycles. The normalized spacial score (nSPS) is 13.4. The summed E-state index contributed by atoms with van der Waals surface area (Å²) >= 11 is 0. The van der Waals surface area contributed by atoms with Crippen LogP contribution in [0.3, 0.4) is 0 Å². The first-order valence-corrected chi connectivity index (χ1v) is 20.0. The molecule has 0 saturated carbocycles. The molecule has 0 saturated heterocycles. The van der Waals surface area contributed by atoms with E-state index in [0.717, 1.165) is 0 Å². The molecule has 0 heteroatoms. The van der Waals surface area contributed by atoms with Crippen LogP contribution >= 0.6 is 0 Å². The van der Waals surface area contributed by atoms with Gasteiger partial charge in [0, 0.05) is 0 Å². The van der Waals surface area contributed by atoms with E-state index in [9.17, 15) is 0 Å². The van der Waals surface area contributed by atoms with Gasteiger partial charge in [0.1, 0.15) is 0 Å². The van der Waals surface area contributed by atoms with Gasteiger partial charge in [-0.05, 0) is 133 Å². The molecule has 0 amide bonds. The monoisotopic (exact) mass is 718 g/mol. The standard InChI is InChI=1S/C57H34/c1-2-17-37-33-38(30-29-35(37)15-1)53-44-23-7-9-25-46(44)54(47-26-10-8-24-45(47)53)48-34-52-56(43-22-6-5-19-40(43)48)55-39-18-4-3-16-36(39)31-32-51(55)57(52)49-27-13-11-20-41(49)42-21-12-14-28-50(42)57/h1-34H. The Morgan fingerprint density at radius 2 is 0.684 bits per heavy atom. The van der Waals surface area contributed by atoms with Crippen LogP contribution < -0.4 is 0 Å². The van der Waals surface area contributed by atoms with Gasteiger partial charge in [0.2, 0.25) is 0 Å². The lowest BCUT2D eigenvalue weighted by atomic mass is 9.69. The fourth-order valence-electron chi connectivity index (χ4n) is 11.0. The predicted molar refractivity (Wildman–Crippen MR) is 241 cm³/mol. The van der Waals surface area contributed by atoms with Crippen LogP contribution in [-0.4, -0.2) is 0 Å². The zero-order valence-electron chi connectivity index (χ0n) is 31.1. The van der Waals surface area contributed by atoms with Crippen molar-refractivity contribution in [2.24, 2.45) is 0 Å². The van der Waals surface area contributed by atoms with Crippen LogP contribution in [0.5, 0.6) is 0 Å². The Kier molecular flexibility index (Phi) is 6.19. The van der Waals surface area contributed by atoms with E-state index in [1.807, 2.05) is 0 Å². The van der Waals surface area contributed by atoms with Gasteiger partial charge in [0.05, 0.1) is 5.41 Å².